The number of carbonyl (C=O) groups is 1. The summed E-state index contributed by atoms with van der Waals surface area (Å²) in [6, 6.07) is 10.3. The van der Waals surface area contributed by atoms with Crippen molar-refractivity contribution in [3.63, 3.8) is 0 Å². The highest BCUT2D eigenvalue weighted by Gasteiger charge is 2.43. The topological polar surface area (TPSA) is 58.6 Å². The Hall–Kier alpha value is -2.15. The fourth-order valence-electron chi connectivity index (χ4n) is 3.63. The third-order valence-corrected chi connectivity index (χ3v) is 5.19. The Balaban J connectivity index is 1.39. The van der Waals surface area contributed by atoms with Gasteiger partial charge < -0.3 is 14.5 Å². The Morgan fingerprint density at radius 1 is 1.12 bits per heavy atom. The maximum atomic E-state index is 12.4. The highest BCUT2D eigenvalue weighted by molar-refractivity contribution is 9.10. The average molecular weight is 403 g/mol. The summed E-state index contributed by atoms with van der Waals surface area (Å²) in [6.45, 7) is 1.62. The number of rotatable bonds is 3. The number of aromatic nitrogens is 2. The molecule has 130 valence electrons. The lowest BCUT2D eigenvalue weighted by molar-refractivity contribution is 0.0879. The molecule has 7 heteroatoms. The molecule has 2 aromatic rings. The van der Waals surface area contributed by atoms with E-state index in [1.165, 1.54) is 0 Å². The molecule has 3 heterocycles. The Kier molecular flexibility index (Phi) is 4.57. The number of anilines is 1. The number of nitrogens with zero attached hydrogens (tertiary/aromatic N) is 4. The fraction of sp³-hybridized carbons (Fsp3) is 0.389. The van der Waals surface area contributed by atoms with Crippen LogP contribution in [0.2, 0.25) is 0 Å². The van der Waals surface area contributed by atoms with Gasteiger partial charge in [-0.25, -0.2) is 14.8 Å². The van der Waals surface area contributed by atoms with E-state index in [2.05, 4.69) is 30.8 Å². The van der Waals surface area contributed by atoms with Gasteiger partial charge in [-0.2, -0.15) is 0 Å². The number of ether oxygens (including phenoxy) is 1. The summed E-state index contributed by atoms with van der Waals surface area (Å²) >= 11 is 3.37. The van der Waals surface area contributed by atoms with Crippen LogP contribution < -0.4 is 4.90 Å². The van der Waals surface area contributed by atoms with Crippen LogP contribution >= 0.6 is 15.9 Å². The van der Waals surface area contributed by atoms with Gasteiger partial charge in [0, 0.05) is 25.5 Å². The van der Waals surface area contributed by atoms with E-state index in [0.717, 1.165) is 28.8 Å². The third-order valence-electron chi connectivity index (χ3n) is 4.78. The van der Waals surface area contributed by atoms with E-state index < -0.39 is 0 Å². The van der Waals surface area contributed by atoms with Crippen molar-refractivity contribution in [2.75, 3.05) is 18.0 Å². The van der Waals surface area contributed by atoms with Crippen molar-refractivity contribution < 1.29 is 9.53 Å². The number of benzene rings is 1. The fourth-order valence-corrected chi connectivity index (χ4v) is 3.83. The van der Waals surface area contributed by atoms with Gasteiger partial charge in [-0.1, -0.05) is 30.3 Å². The molecule has 2 atom stereocenters. The van der Waals surface area contributed by atoms with Crippen LogP contribution in [-0.2, 0) is 11.3 Å². The molecule has 6 nitrogen and oxygen atoms in total. The minimum absolute atomic E-state index is 0.239. The van der Waals surface area contributed by atoms with Gasteiger partial charge >= 0.3 is 6.09 Å². The van der Waals surface area contributed by atoms with Gasteiger partial charge in [0.2, 0.25) is 5.95 Å². The molecule has 2 unspecified atom stereocenters. The Labute approximate surface area is 154 Å². The van der Waals surface area contributed by atoms with Crippen LogP contribution in [0, 0.1) is 0 Å². The summed E-state index contributed by atoms with van der Waals surface area (Å²) in [5.74, 6) is 0.744. The molecule has 2 fully saturated rings. The van der Waals surface area contributed by atoms with Crippen molar-refractivity contribution in [3.8, 4) is 0 Å². The normalized spacial score (nSPS) is 22.1. The molecule has 2 bridgehead atoms. The zero-order chi connectivity index (χ0) is 17.2. The molecule has 0 aliphatic carbocycles. The smallest absolute Gasteiger partial charge is 0.410 e. The second-order valence-corrected chi connectivity index (χ2v) is 7.35. The summed E-state index contributed by atoms with van der Waals surface area (Å²) in [7, 11) is 0. The van der Waals surface area contributed by atoms with Crippen molar-refractivity contribution in [3.05, 3.63) is 52.8 Å². The number of halogens is 1. The van der Waals surface area contributed by atoms with Crippen molar-refractivity contribution in [1.82, 2.24) is 14.9 Å². The van der Waals surface area contributed by atoms with Gasteiger partial charge in [-0.3, -0.25) is 0 Å². The zero-order valence-corrected chi connectivity index (χ0v) is 15.3. The molecule has 25 heavy (non-hydrogen) atoms. The van der Waals surface area contributed by atoms with E-state index in [1.807, 2.05) is 35.2 Å². The largest absolute Gasteiger partial charge is 0.445 e. The molecule has 0 N–H and O–H groups in total. The maximum absolute atomic E-state index is 12.4. The first-order valence-corrected chi connectivity index (χ1v) is 9.21. The standard InChI is InChI=1S/C18H19BrN4O2/c19-14-8-20-17(21-9-14)23-15-6-7-16(23)11-22(10-15)18(24)25-12-13-4-2-1-3-5-13/h1-5,8-9,15-16H,6-7,10-12H2. The summed E-state index contributed by atoms with van der Waals surface area (Å²) in [5.41, 5.74) is 1.00. The summed E-state index contributed by atoms with van der Waals surface area (Å²) < 4.78 is 6.35. The van der Waals surface area contributed by atoms with Crippen LogP contribution in [-0.4, -0.2) is 46.1 Å². The van der Waals surface area contributed by atoms with Crippen molar-refractivity contribution in [1.29, 1.82) is 0 Å². The van der Waals surface area contributed by atoms with E-state index >= 15 is 0 Å². The summed E-state index contributed by atoms with van der Waals surface area (Å²) in [4.78, 5) is 25.3. The minimum atomic E-state index is -0.239. The van der Waals surface area contributed by atoms with Gasteiger partial charge in [0.15, 0.2) is 0 Å². The SMILES string of the molecule is O=C(OCc1ccccc1)N1CC2CCC(C1)N2c1ncc(Br)cn1. The van der Waals surface area contributed by atoms with Crippen LogP contribution in [0.5, 0.6) is 0 Å². The van der Waals surface area contributed by atoms with Gasteiger partial charge in [0.25, 0.3) is 0 Å². The predicted molar refractivity (Wildman–Crippen MR) is 97.2 cm³/mol. The lowest BCUT2D eigenvalue weighted by atomic mass is 10.2. The van der Waals surface area contributed by atoms with Crippen LogP contribution in [0.1, 0.15) is 18.4 Å². The van der Waals surface area contributed by atoms with Crippen molar-refractivity contribution in [2.45, 2.75) is 31.5 Å². The molecule has 1 amide bonds. The number of hydrogen-bond acceptors (Lipinski definition) is 5. The number of hydrogen-bond donors (Lipinski definition) is 0. The second kappa shape index (κ2) is 7.00. The van der Waals surface area contributed by atoms with Crippen LogP contribution in [0.4, 0.5) is 10.7 Å². The van der Waals surface area contributed by atoms with Crippen LogP contribution in [0.3, 0.4) is 0 Å². The first kappa shape index (κ1) is 16.3. The molecular formula is C18H19BrN4O2. The summed E-state index contributed by atoms with van der Waals surface area (Å²) in [5, 5.41) is 0. The average Bonchev–Trinajstić information content (AvgIpc) is 2.90. The number of likely N-dealkylation sites (tertiary alicyclic amines) is 1. The highest BCUT2D eigenvalue weighted by Crippen LogP contribution is 2.33. The molecule has 1 aromatic heterocycles. The maximum Gasteiger partial charge on any atom is 0.410 e. The minimum Gasteiger partial charge on any atom is -0.445 e. The molecule has 2 aliphatic rings. The van der Waals surface area contributed by atoms with E-state index in [4.69, 9.17) is 4.74 Å². The lowest BCUT2D eigenvalue weighted by Gasteiger charge is -2.40. The first-order valence-electron chi connectivity index (χ1n) is 8.42. The van der Waals surface area contributed by atoms with Gasteiger partial charge in [-0.05, 0) is 34.3 Å². The first-order chi connectivity index (χ1) is 12.2. The van der Waals surface area contributed by atoms with Crippen molar-refractivity contribution in [2.24, 2.45) is 0 Å². The number of carbonyl (C=O) groups excluding carboxylic acids is 1. The molecule has 0 saturated carbocycles. The molecule has 1 aromatic carbocycles. The van der Waals surface area contributed by atoms with Gasteiger partial charge in [0.1, 0.15) is 6.61 Å². The number of fused-ring (bicyclic) bond motifs is 2. The molecular weight excluding hydrogens is 384 g/mol. The highest BCUT2D eigenvalue weighted by atomic mass is 79.9. The van der Waals surface area contributed by atoms with E-state index in [0.29, 0.717) is 19.7 Å². The van der Waals surface area contributed by atoms with Crippen LogP contribution in [0.15, 0.2) is 47.2 Å². The predicted octanol–water partition coefficient (Wildman–Crippen LogP) is 3.23. The Morgan fingerprint density at radius 3 is 2.40 bits per heavy atom. The quantitative estimate of drug-likeness (QED) is 0.788. The summed E-state index contributed by atoms with van der Waals surface area (Å²) in [6.07, 6.45) is 5.39. The van der Waals surface area contributed by atoms with Gasteiger partial charge in [0.05, 0.1) is 16.6 Å². The van der Waals surface area contributed by atoms with E-state index in [1.54, 1.807) is 12.4 Å². The Morgan fingerprint density at radius 2 is 1.76 bits per heavy atom. The third kappa shape index (κ3) is 3.46. The monoisotopic (exact) mass is 402 g/mol. The van der Waals surface area contributed by atoms with E-state index in [9.17, 15) is 4.79 Å². The van der Waals surface area contributed by atoms with E-state index in [-0.39, 0.29) is 18.2 Å². The molecule has 2 saturated heterocycles. The molecule has 4 rings (SSSR count). The molecule has 0 spiro atoms. The molecule has 0 radical (unpaired) electrons. The van der Waals surface area contributed by atoms with Crippen molar-refractivity contribution >= 4 is 28.0 Å². The second-order valence-electron chi connectivity index (χ2n) is 6.44. The lowest BCUT2D eigenvalue weighted by Crippen LogP contribution is -2.56. The number of amides is 1. The van der Waals surface area contributed by atoms with Crippen LogP contribution in [0.25, 0.3) is 0 Å². The zero-order valence-electron chi connectivity index (χ0n) is 13.7. The molecule has 2 aliphatic heterocycles. The number of piperazine rings is 1. The van der Waals surface area contributed by atoms with Gasteiger partial charge in [-0.15, -0.1) is 0 Å². The Bertz CT molecular complexity index is 727.